The van der Waals surface area contributed by atoms with Crippen molar-refractivity contribution >= 4 is 23.3 Å². The molecule has 110 valence electrons. The molecule has 0 unspecified atom stereocenters. The monoisotopic (exact) mass is 299 g/mol. The van der Waals surface area contributed by atoms with Crippen molar-refractivity contribution < 1.29 is 14.6 Å². The van der Waals surface area contributed by atoms with Gasteiger partial charge in [-0.05, 0) is 18.7 Å². The number of nitrogens with zero attached hydrogens (tertiary/aromatic N) is 2. The van der Waals surface area contributed by atoms with E-state index in [0.717, 1.165) is 0 Å². The molecule has 0 aliphatic carbocycles. The summed E-state index contributed by atoms with van der Waals surface area (Å²) in [6.45, 7) is 3.56. The first kappa shape index (κ1) is 15.2. The van der Waals surface area contributed by atoms with Crippen LogP contribution in [0, 0.1) is 0 Å². The highest BCUT2D eigenvalue weighted by atomic mass is 35.5. The summed E-state index contributed by atoms with van der Waals surface area (Å²) in [7, 11) is 0. The number of ether oxygens (including phenoxy) is 1. The third kappa shape index (κ3) is 3.89. The lowest BCUT2D eigenvalue weighted by atomic mass is 10.2. The maximum Gasteiger partial charge on any atom is 0.239 e. The van der Waals surface area contributed by atoms with E-state index in [1.807, 2.05) is 11.8 Å². The number of hydrogen-bond donors (Lipinski definition) is 2. The fraction of sp³-hybridized carbons (Fsp3) is 0.538. The quantitative estimate of drug-likeness (QED) is 0.839. The van der Waals surface area contributed by atoms with E-state index >= 15 is 0 Å². The number of aromatic nitrogens is 1. The van der Waals surface area contributed by atoms with Crippen LogP contribution in [0.15, 0.2) is 18.3 Å². The van der Waals surface area contributed by atoms with E-state index in [2.05, 4.69) is 10.3 Å². The third-order valence-corrected chi connectivity index (χ3v) is 3.46. The Morgan fingerprint density at radius 3 is 2.95 bits per heavy atom. The second-order valence-corrected chi connectivity index (χ2v) is 5.08. The zero-order chi connectivity index (χ0) is 14.5. The van der Waals surface area contributed by atoms with Crippen LogP contribution < -0.4 is 5.32 Å². The zero-order valence-electron chi connectivity index (χ0n) is 11.3. The van der Waals surface area contributed by atoms with E-state index in [9.17, 15) is 9.90 Å². The summed E-state index contributed by atoms with van der Waals surface area (Å²) in [5.74, 6) is 0.277. The summed E-state index contributed by atoms with van der Waals surface area (Å²) in [6, 6.07) is 3.17. The van der Waals surface area contributed by atoms with Crippen molar-refractivity contribution in [1.29, 1.82) is 0 Å². The molecule has 1 aliphatic heterocycles. The Kier molecular flexibility index (Phi) is 5.31. The number of halogens is 1. The van der Waals surface area contributed by atoms with Crippen LogP contribution in [0.3, 0.4) is 0 Å². The van der Waals surface area contributed by atoms with Crippen molar-refractivity contribution in [3.63, 3.8) is 0 Å². The molecule has 0 saturated carbocycles. The second kappa shape index (κ2) is 6.99. The lowest BCUT2D eigenvalue weighted by Gasteiger charge is -2.27. The average Bonchev–Trinajstić information content (AvgIpc) is 2.85. The number of likely N-dealkylation sites (N-methyl/N-ethyl adjacent to an activating group) is 1. The second-order valence-electron chi connectivity index (χ2n) is 4.65. The molecule has 1 saturated heterocycles. The number of pyridine rings is 1. The predicted molar refractivity (Wildman–Crippen MR) is 75.7 cm³/mol. The Morgan fingerprint density at radius 2 is 2.40 bits per heavy atom. The first-order valence-electron chi connectivity index (χ1n) is 6.51. The van der Waals surface area contributed by atoms with Gasteiger partial charge in [-0.1, -0.05) is 18.5 Å². The van der Waals surface area contributed by atoms with Crippen LogP contribution in [-0.2, 0) is 9.53 Å². The van der Waals surface area contributed by atoms with E-state index in [0.29, 0.717) is 30.6 Å². The highest BCUT2D eigenvalue weighted by Gasteiger charge is 2.31. The minimum absolute atomic E-state index is 0.135. The molecule has 20 heavy (non-hydrogen) atoms. The van der Waals surface area contributed by atoms with Gasteiger partial charge in [-0.15, -0.1) is 0 Å². The molecule has 7 heteroatoms. The molecule has 0 bridgehead atoms. The summed E-state index contributed by atoms with van der Waals surface area (Å²) in [5, 5.41) is 13.0. The summed E-state index contributed by atoms with van der Waals surface area (Å²) >= 11 is 5.73. The summed E-state index contributed by atoms with van der Waals surface area (Å²) < 4.78 is 5.21. The molecule has 0 radical (unpaired) electrons. The number of carbonyl (C=O) groups is 1. The normalized spacial score (nSPS) is 22.2. The molecular weight excluding hydrogens is 282 g/mol. The van der Waals surface area contributed by atoms with Crippen LogP contribution in [0.1, 0.15) is 6.92 Å². The SMILES string of the molecule is CCN(CC(=O)Nc1ccc(Cl)cn1)[C@H]1COC[C@@H]1O. The average molecular weight is 300 g/mol. The topological polar surface area (TPSA) is 74.7 Å². The van der Waals surface area contributed by atoms with Crippen LogP contribution in [0.25, 0.3) is 0 Å². The fourth-order valence-corrected chi connectivity index (χ4v) is 2.27. The molecule has 6 nitrogen and oxygen atoms in total. The smallest absolute Gasteiger partial charge is 0.239 e. The van der Waals surface area contributed by atoms with Crippen LogP contribution in [0.2, 0.25) is 5.02 Å². The maximum absolute atomic E-state index is 12.0. The Balaban J connectivity index is 1.90. The molecule has 0 spiro atoms. The minimum atomic E-state index is -0.545. The van der Waals surface area contributed by atoms with Crippen LogP contribution in [0.5, 0.6) is 0 Å². The Bertz CT molecular complexity index is 455. The number of hydrogen-bond acceptors (Lipinski definition) is 5. The standard InChI is InChI=1S/C13H18ClN3O3/c1-2-17(10-7-20-8-11(10)18)6-13(19)16-12-4-3-9(14)5-15-12/h3-5,10-11,18H,2,6-8H2,1H3,(H,15,16,19)/t10-,11-/m0/s1. The van der Waals surface area contributed by atoms with Crippen LogP contribution >= 0.6 is 11.6 Å². The highest BCUT2D eigenvalue weighted by Crippen LogP contribution is 2.14. The maximum atomic E-state index is 12.0. The Labute approximate surface area is 122 Å². The van der Waals surface area contributed by atoms with Gasteiger partial charge in [0.05, 0.1) is 36.9 Å². The zero-order valence-corrected chi connectivity index (χ0v) is 12.0. The first-order chi connectivity index (χ1) is 9.60. The Morgan fingerprint density at radius 1 is 1.60 bits per heavy atom. The number of aliphatic hydroxyl groups excluding tert-OH is 1. The van der Waals surface area contributed by atoms with Crippen molar-refractivity contribution in [2.45, 2.75) is 19.1 Å². The van der Waals surface area contributed by atoms with Crippen molar-refractivity contribution in [3.8, 4) is 0 Å². The molecule has 1 aromatic heterocycles. The first-order valence-corrected chi connectivity index (χ1v) is 6.89. The van der Waals surface area contributed by atoms with E-state index in [1.165, 1.54) is 6.20 Å². The predicted octanol–water partition coefficient (Wildman–Crippen LogP) is 0.755. The van der Waals surface area contributed by atoms with Gasteiger partial charge < -0.3 is 15.2 Å². The number of rotatable bonds is 5. The van der Waals surface area contributed by atoms with Gasteiger partial charge in [-0.2, -0.15) is 0 Å². The van der Waals surface area contributed by atoms with Crippen molar-refractivity contribution in [3.05, 3.63) is 23.4 Å². The molecule has 1 aliphatic rings. The Hall–Kier alpha value is -1.21. The fourth-order valence-electron chi connectivity index (χ4n) is 2.16. The van der Waals surface area contributed by atoms with E-state index in [1.54, 1.807) is 12.1 Å². The van der Waals surface area contributed by atoms with Gasteiger partial charge in [0, 0.05) is 6.20 Å². The van der Waals surface area contributed by atoms with Crippen molar-refractivity contribution in [2.24, 2.45) is 0 Å². The lowest BCUT2D eigenvalue weighted by molar-refractivity contribution is -0.118. The molecule has 0 aromatic carbocycles. The van der Waals surface area contributed by atoms with Crippen molar-refractivity contribution in [1.82, 2.24) is 9.88 Å². The lowest BCUT2D eigenvalue weighted by Crippen LogP contribution is -2.46. The molecule has 2 rings (SSSR count). The van der Waals surface area contributed by atoms with E-state index in [4.69, 9.17) is 16.3 Å². The number of nitrogens with one attached hydrogen (secondary N) is 1. The minimum Gasteiger partial charge on any atom is -0.389 e. The van der Waals surface area contributed by atoms with Gasteiger partial charge in [0.2, 0.25) is 5.91 Å². The number of aliphatic hydroxyl groups is 1. The largest absolute Gasteiger partial charge is 0.389 e. The number of anilines is 1. The van der Waals surface area contributed by atoms with Crippen LogP contribution in [0.4, 0.5) is 5.82 Å². The molecule has 1 fully saturated rings. The number of amides is 1. The molecule has 2 N–H and O–H groups in total. The van der Waals surface area contributed by atoms with Crippen LogP contribution in [-0.4, -0.2) is 59.3 Å². The van der Waals surface area contributed by atoms with Gasteiger partial charge >= 0.3 is 0 Å². The van der Waals surface area contributed by atoms with E-state index in [-0.39, 0.29) is 18.5 Å². The summed E-state index contributed by atoms with van der Waals surface area (Å²) in [4.78, 5) is 17.9. The van der Waals surface area contributed by atoms with Gasteiger partial charge in [0.25, 0.3) is 0 Å². The highest BCUT2D eigenvalue weighted by molar-refractivity contribution is 6.30. The molecule has 2 atom stereocenters. The van der Waals surface area contributed by atoms with Gasteiger partial charge in [-0.25, -0.2) is 4.98 Å². The van der Waals surface area contributed by atoms with Gasteiger partial charge in [0.15, 0.2) is 0 Å². The van der Waals surface area contributed by atoms with Crippen molar-refractivity contribution in [2.75, 3.05) is 31.6 Å². The summed E-state index contributed by atoms with van der Waals surface area (Å²) in [5.41, 5.74) is 0. The summed E-state index contributed by atoms with van der Waals surface area (Å²) in [6.07, 6.45) is 0.931. The number of carbonyl (C=O) groups excluding carboxylic acids is 1. The molecule has 1 amide bonds. The van der Waals surface area contributed by atoms with Gasteiger partial charge in [-0.3, -0.25) is 9.69 Å². The molecule has 1 aromatic rings. The molecular formula is C13H18ClN3O3. The molecule has 2 heterocycles. The van der Waals surface area contributed by atoms with Gasteiger partial charge in [0.1, 0.15) is 5.82 Å². The van der Waals surface area contributed by atoms with E-state index < -0.39 is 6.10 Å². The third-order valence-electron chi connectivity index (χ3n) is 3.24.